The average molecular weight is 480 g/mol. The molecule has 0 saturated heterocycles. The lowest BCUT2D eigenvalue weighted by Crippen LogP contribution is -2.32. The first-order chi connectivity index (χ1) is 15.3. The second-order valence-corrected chi connectivity index (χ2v) is 6.81. The largest absolute Gasteiger partial charge is 0.356 e. The minimum absolute atomic E-state index is 0.0604. The third kappa shape index (κ3) is 5.36. The van der Waals surface area contributed by atoms with E-state index in [9.17, 15) is 24.1 Å². The Bertz CT molecular complexity index is 1190. The highest BCUT2D eigenvalue weighted by molar-refractivity contribution is 6.36. The van der Waals surface area contributed by atoms with Crippen molar-refractivity contribution in [3.63, 3.8) is 0 Å². The van der Waals surface area contributed by atoms with Crippen molar-refractivity contribution in [1.82, 2.24) is 20.8 Å². The van der Waals surface area contributed by atoms with Crippen LogP contribution in [0.2, 0.25) is 10.0 Å². The molecule has 1 heterocycles. The van der Waals surface area contributed by atoms with Gasteiger partial charge in [-0.1, -0.05) is 23.2 Å². The SMILES string of the molecule is O=C(NNc1ncnc(NNC(=O)c2ccc(Cl)cc2Cl)c1[N+](=O)[O-])c1ccc(F)cc1. The molecule has 3 rings (SSSR count). The van der Waals surface area contributed by atoms with Crippen LogP contribution in [-0.2, 0) is 0 Å². The first-order valence-corrected chi connectivity index (χ1v) is 9.34. The highest BCUT2D eigenvalue weighted by atomic mass is 35.5. The second-order valence-electron chi connectivity index (χ2n) is 5.97. The van der Waals surface area contributed by atoms with Gasteiger partial charge in [0.25, 0.3) is 11.8 Å². The number of halogens is 3. The summed E-state index contributed by atoms with van der Waals surface area (Å²) in [6, 6.07) is 8.79. The Morgan fingerprint density at radius 3 is 2.09 bits per heavy atom. The van der Waals surface area contributed by atoms with Gasteiger partial charge in [0.2, 0.25) is 11.6 Å². The van der Waals surface area contributed by atoms with Crippen LogP contribution >= 0.6 is 23.2 Å². The van der Waals surface area contributed by atoms with Crippen LogP contribution in [0, 0.1) is 15.9 Å². The molecule has 0 radical (unpaired) electrons. The first kappa shape index (κ1) is 22.7. The van der Waals surface area contributed by atoms with Crippen molar-refractivity contribution in [1.29, 1.82) is 0 Å². The van der Waals surface area contributed by atoms with Gasteiger partial charge in [-0.2, -0.15) is 0 Å². The highest BCUT2D eigenvalue weighted by Crippen LogP contribution is 2.28. The minimum atomic E-state index is -0.823. The lowest BCUT2D eigenvalue weighted by Gasteiger charge is -2.12. The number of hydrogen-bond donors (Lipinski definition) is 4. The highest BCUT2D eigenvalue weighted by Gasteiger charge is 2.24. The van der Waals surface area contributed by atoms with Crippen LogP contribution in [0.1, 0.15) is 20.7 Å². The van der Waals surface area contributed by atoms with Crippen molar-refractivity contribution in [2.75, 3.05) is 10.9 Å². The van der Waals surface area contributed by atoms with Crippen LogP contribution in [0.4, 0.5) is 21.7 Å². The Hall–Kier alpha value is -4.03. The molecule has 0 spiro atoms. The normalized spacial score (nSPS) is 10.2. The Morgan fingerprint density at radius 2 is 1.53 bits per heavy atom. The molecule has 0 unspecified atom stereocenters. The Labute approximate surface area is 189 Å². The van der Waals surface area contributed by atoms with E-state index in [-0.39, 0.29) is 27.8 Å². The monoisotopic (exact) mass is 479 g/mol. The number of hydrogen-bond acceptors (Lipinski definition) is 8. The van der Waals surface area contributed by atoms with Crippen LogP contribution in [0.3, 0.4) is 0 Å². The number of nitrogens with zero attached hydrogens (tertiary/aromatic N) is 3. The molecule has 4 N–H and O–H groups in total. The van der Waals surface area contributed by atoms with Crippen LogP contribution < -0.4 is 21.7 Å². The predicted molar refractivity (Wildman–Crippen MR) is 114 cm³/mol. The maximum absolute atomic E-state index is 13.0. The molecular formula is C18H12Cl2FN7O4. The number of nitrogens with one attached hydrogen (secondary N) is 4. The van der Waals surface area contributed by atoms with Gasteiger partial charge < -0.3 is 0 Å². The van der Waals surface area contributed by atoms with Gasteiger partial charge in [-0.15, -0.1) is 0 Å². The Morgan fingerprint density at radius 1 is 0.938 bits per heavy atom. The summed E-state index contributed by atoms with van der Waals surface area (Å²) in [5.74, 6) is -2.68. The molecule has 164 valence electrons. The van der Waals surface area contributed by atoms with Crippen molar-refractivity contribution in [3.05, 3.63) is 85.9 Å². The number of benzene rings is 2. The van der Waals surface area contributed by atoms with Crippen molar-refractivity contribution in [2.24, 2.45) is 0 Å². The maximum Gasteiger partial charge on any atom is 0.356 e. The van der Waals surface area contributed by atoms with Crippen molar-refractivity contribution in [2.45, 2.75) is 0 Å². The summed E-state index contributed by atoms with van der Waals surface area (Å²) in [7, 11) is 0. The summed E-state index contributed by atoms with van der Waals surface area (Å²) in [5.41, 5.74) is 8.56. The fraction of sp³-hybridized carbons (Fsp3) is 0. The fourth-order valence-corrected chi connectivity index (χ4v) is 2.88. The number of carbonyl (C=O) groups excluding carboxylic acids is 2. The van der Waals surface area contributed by atoms with E-state index in [0.29, 0.717) is 5.02 Å². The Balaban J connectivity index is 1.74. The van der Waals surface area contributed by atoms with Gasteiger partial charge in [-0.05, 0) is 42.5 Å². The number of rotatable bonds is 7. The van der Waals surface area contributed by atoms with Crippen LogP contribution in [0.15, 0.2) is 48.8 Å². The van der Waals surface area contributed by atoms with Crippen LogP contribution in [0.25, 0.3) is 0 Å². The zero-order chi connectivity index (χ0) is 23.3. The van der Waals surface area contributed by atoms with Crippen molar-refractivity contribution >= 4 is 52.3 Å². The quantitative estimate of drug-likeness (QED) is 0.297. The predicted octanol–water partition coefficient (Wildman–Crippen LogP) is 3.34. The molecule has 0 saturated carbocycles. The van der Waals surface area contributed by atoms with Crippen molar-refractivity contribution in [3.8, 4) is 0 Å². The van der Waals surface area contributed by atoms with E-state index in [1.807, 2.05) is 0 Å². The van der Waals surface area contributed by atoms with Gasteiger partial charge in [-0.25, -0.2) is 14.4 Å². The molecule has 1 aromatic heterocycles. The summed E-state index contributed by atoms with van der Waals surface area (Å²) >= 11 is 11.8. The van der Waals surface area contributed by atoms with E-state index < -0.39 is 28.2 Å². The van der Waals surface area contributed by atoms with E-state index in [4.69, 9.17) is 23.2 Å². The first-order valence-electron chi connectivity index (χ1n) is 8.59. The molecule has 3 aromatic rings. The molecule has 0 fully saturated rings. The average Bonchev–Trinajstić information content (AvgIpc) is 2.76. The lowest BCUT2D eigenvalue weighted by atomic mass is 10.2. The zero-order valence-corrected chi connectivity index (χ0v) is 17.2. The molecule has 0 aliphatic heterocycles. The number of anilines is 2. The summed E-state index contributed by atoms with van der Waals surface area (Å²) < 4.78 is 13.0. The summed E-state index contributed by atoms with van der Waals surface area (Å²) in [6.07, 6.45) is 0.961. The van der Waals surface area contributed by atoms with Gasteiger partial charge in [-0.3, -0.25) is 41.4 Å². The van der Waals surface area contributed by atoms with Crippen LogP contribution in [-0.4, -0.2) is 26.7 Å². The lowest BCUT2D eigenvalue weighted by molar-refractivity contribution is -0.383. The van der Waals surface area contributed by atoms with E-state index in [0.717, 1.165) is 18.5 Å². The van der Waals surface area contributed by atoms with E-state index in [2.05, 4.69) is 31.7 Å². The molecular weight excluding hydrogens is 468 g/mol. The molecule has 32 heavy (non-hydrogen) atoms. The number of carbonyl (C=O) groups is 2. The number of hydrazine groups is 2. The molecule has 11 nitrogen and oxygen atoms in total. The maximum atomic E-state index is 13.0. The molecule has 2 amide bonds. The third-order valence-corrected chi connectivity index (χ3v) is 4.42. The van der Waals surface area contributed by atoms with E-state index in [1.165, 1.54) is 30.3 Å². The van der Waals surface area contributed by atoms with Gasteiger partial charge >= 0.3 is 5.69 Å². The molecule has 0 aliphatic carbocycles. The van der Waals surface area contributed by atoms with Gasteiger partial charge in [0.15, 0.2) is 0 Å². The topological polar surface area (TPSA) is 151 Å². The summed E-state index contributed by atoms with van der Waals surface area (Å²) in [4.78, 5) is 42.6. The number of aromatic nitrogens is 2. The molecule has 14 heteroatoms. The third-order valence-electron chi connectivity index (χ3n) is 3.88. The Kier molecular flexibility index (Phi) is 6.97. The second kappa shape index (κ2) is 9.85. The zero-order valence-electron chi connectivity index (χ0n) is 15.7. The number of amides is 2. The van der Waals surface area contributed by atoms with Crippen molar-refractivity contribution < 1.29 is 18.9 Å². The standard InChI is InChI=1S/C18H12Cl2FN7O4/c19-10-3-6-12(13(20)7-10)18(30)27-25-16-14(28(31)32)15(22-8-23-16)24-26-17(29)9-1-4-11(21)5-2-9/h1-8H,(H,26,29)(H,27,30)(H2,22,23,24,25). The van der Waals surface area contributed by atoms with Gasteiger partial charge in [0, 0.05) is 10.6 Å². The van der Waals surface area contributed by atoms with Crippen LogP contribution in [0.5, 0.6) is 0 Å². The summed E-state index contributed by atoms with van der Waals surface area (Å²) in [6.45, 7) is 0. The smallest absolute Gasteiger partial charge is 0.276 e. The molecule has 2 aromatic carbocycles. The van der Waals surface area contributed by atoms with E-state index in [1.54, 1.807) is 0 Å². The molecule has 0 atom stereocenters. The molecule has 0 aliphatic rings. The van der Waals surface area contributed by atoms with E-state index >= 15 is 0 Å². The van der Waals surface area contributed by atoms with Gasteiger partial charge in [0.05, 0.1) is 15.5 Å². The minimum Gasteiger partial charge on any atom is -0.276 e. The van der Waals surface area contributed by atoms with Gasteiger partial charge in [0.1, 0.15) is 12.1 Å². The number of nitro groups is 1. The fourth-order valence-electron chi connectivity index (χ4n) is 2.38. The summed E-state index contributed by atoms with van der Waals surface area (Å²) in [5, 5.41) is 11.9. The molecule has 0 bridgehead atoms.